The Bertz CT molecular complexity index is 896. The zero-order valence-electron chi connectivity index (χ0n) is 16.5. The second-order valence-electron chi connectivity index (χ2n) is 6.34. The molecule has 6 nitrogen and oxygen atoms in total. The highest BCUT2D eigenvalue weighted by molar-refractivity contribution is 7.91. The van der Waals surface area contributed by atoms with Crippen LogP contribution in [-0.4, -0.2) is 48.9 Å². The highest BCUT2D eigenvalue weighted by Crippen LogP contribution is 2.32. The Morgan fingerprint density at radius 3 is 2.56 bits per heavy atom. The van der Waals surface area contributed by atoms with Crippen molar-refractivity contribution in [2.24, 2.45) is 0 Å². The van der Waals surface area contributed by atoms with Gasteiger partial charge in [-0.3, -0.25) is 14.7 Å². The van der Waals surface area contributed by atoms with Gasteiger partial charge in [-0.25, -0.2) is 8.42 Å². The number of carbonyl (C=O) groups excluding carboxylic acids is 1. The lowest BCUT2D eigenvalue weighted by Crippen LogP contribution is -2.39. The SMILES string of the molecule is CC.CCC(=O)Oc1c(C)cc(CN2CCS(=O)(=O)CC2)c2cccnc12. The van der Waals surface area contributed by atoms with E-state index in [0.717, 1.165) is 16.5 Å². The van der Waals surface area contributed by atoms with Crippen LogP contribution in [-0.2, 0) is 21.2 Å². The molecule has 0 aliphatic carbocycles. The lowest BCUT2D eigenvalue weighted by atomic mass is 10.0. The van der Waals surface area contributed by atoms with Crippen molar-refractivity contribution in [1.82, 2.24) is 9.88 Å². The molecule has 2 heterocycles. The Morgan fingerprint density at radius 1 is 1.26 bits per heavy atom. The first kappa shape index (κ1) is 21.3. The first-order chi connectivity index (χ1) is 12.9. The molecule has 0 saturated carbocycles. The van der Waals surface area contributed by atoms with Crippen molar-refractivity contribution in [3.63, 3.8) is 0 Å². The first-order valence-corrected chi connectivity index (χ1v) is 11.2. The van der Waals surface area contributed by atoms with Crippen molar-refractivity contribution in [2.45, 2.75) is 40.7 Å². The van der Waals surface area contributed by atoms with Crippen LogP contribution >= 0.6 is 0 Å². The van der Waals surface area contributed by atoms with Gasteiger partial charge in [0.05, 0.1) is 11.5 Å². The molecule has 1 aromatic heterocycles. The molecule has 1 saturated heterocycles. The lowest BCUT2D eigenvalue weighted by Gasteiger charge is -2.27. The molecular formula is C20H28N2O4S. The van der Waals surface area contributed by atoms with Crippen LogP contribution < -0.4 is 4.74 Å². The number of fused-ring (bicyclic) bond motifs is 1. The largest absolute Gasteiger partial charge is 0.424 e. The number of esters is 1. The smallest absolute Gasteiger partial charge is 0.310 e. The molecule has 27 heavy (non-hydrogen) atoms. The van der Waals surface area contributed by atoms with E-state index in [-0.39, 0.29) is 17.5 Å². The van der Waals surface area contributed by atoms with Gasteiger partial charge in [-0.15, -0.1) is 0 Å². The summed E-state index contributed by atoms with van der Waals surface area (Å²) in [7, 11) is -2.89. The highest BCUT2D eigenvalue weighted by atomic mass is 32.2. The number of hydrogen-bond acceptors (Lipinski definition) is 6. The number of nitrogens with zero attached hydrogens (tertiary/aromatic N) is 2. The quantitative estimate of drug-likeness (QED) is 0.588. The molecule has 1 aliphatic rings. The van der Waals surface area contributed by atoms with Crippen LogP contribution in [0, 0.1) is 6.92 Å². The van der Waals surface area contributed by atoms with E-state index >= 15 is 0 Å². The van der Waals surface area contributed by atoms with Crippen molar-refractivity contribution in [2.75, 3.05) is 24.6 Å². The molecule has 1 aromatic carbocycles. The lowest BCUT2D eigenvalue weighted by molar-refractivity contribution is -0.133. The van der Waals surface area contributed by atoms with Gasteiger partial charge in [-0.1, -0.05) is 32.9 Å². The Morgan fingerprint density at radius 2 is 1.93 bits per heavy atom. The molecule has 148 valence electrons. The van der Waals surface area contributed by atoms with Crippen molar-refractivity contribution in [3.8, 4) is 5.75 Å². The molecule has 1 fully saturated rings. The van der Waals surface area contributed by atoms with Crippen LogP contribution in [0.2, 0.25) is 0 Å². The third-order valence-electron chi connectivity index (χ3n) is 4.45. The minimum Gasteiger partial charge on any atom is -0.424 e. The minimum atomic E-state index is -2.89. The van der Waals surface area contributed by atoms with Crippen LogP contribution in [0.3, 0.4) is 0 Å². The maximum atomic E-state index is 11.7. The Hall–Kier alpha value is -1.99. The van der Waals surface area contributed by atoms with Crippen LogP contribution in [0.4, 0.5) is 0 Å². The van der Waals surface area contributed by atoms with Crippen LogP contribution in [0.5, 0.6) is 5.75 Å². The average molecular weight is 393 g/mol. The van der Waals surface area contributed by atoms with Gasteiger partial charge in [0, 0.05) is 37.6 Å². The summed E-state index contributed by atoms with van der Waals surface area (Å²) in [6.45, 7) is 9.38. The number of benzene rings is 1. The average Bonchev–Trinajstić information content (AvgIpc) is 2.68. The van der Waals surface area contributed by atoms with Crippen LogP contribution in [0.15, 0.2) is 24.4 Å². The topological polar surface area (TPSA) is 76.6 Å². The molecule has 0 spiro atoms. The maximum absolute atomic E-state index is 11.7. The van der Waals surface area contributed by atoms with Crippen molar-refractivity contribution in [1.29, 1.82) is 0 Å². The molecule has 0 radical (unpaired) electrons. The molecule has 0 atom stereocenters. The van der Waals surface area contributed by atoms with Crippen molar-refractivity contribution < 1.29 is 17.9 Å². The summed E-state index contributed by atoms with van der Waals surface area (Å²) < 4.78 is 28.7. The summed E-state index contributed by atoms with van der Waals surface area (Å²) in [4.78, 5) is 18.3. The number of pyridine rings is 1. The summed E-state index contributed by atoms with van der Waals surface area (Å²) in [6.07, 6.45) is 1.99. The van der Waals surface area contributed by atoms with Gasteiger partial charge in [0.1, 0.15) is 5.52 Å². The zero-order valence-corrected chi connectivity index (χ0v) is 17.3. The fourth-order valence-corrected chi connectivity index (χ4v) is 4.31. The zero-order chi connectivity index (χ0) is 20.0. The molecule has 2 aromatic rings. The monoisotopic (exact) mass is 392 g/mol. The fourth-order valence-electron chi connectivity index (χ4n) is 3.03. The minimum absolute atomic E-state index is 0.203. The summed E-state index contributed by atoms with van der Waals surface area (Å²) >= 11 is 0. The second kappa shape index (κ2) is 9.28. The van der Waals surface area contributed by atoms with Gasteiger partial charge < -0.3 is 4.74 Å². The Kier molecular flexibility index (Phi) is 7.33. The normalized spacial score (nSPS) is 16.4. The number of ether oxygens (including phenoxy) is 1. The molecule has 3 rings (SSSR count). The number of sulfone groups is 1. The van der Waals surface area contributed by atoms with E-state index in [1.54, 1.807) is 13.1 Å². The first-order valence-electron chi connectivity index (χ1n) is 9.40. The van der Waals surface area contributed by atoms with Gasteiger partial charge in [0.15, 0.2) is 15.6 Å². The summed E-state index contributed by atoms with van der Waals surface area (Å²) in [6, 6.07) is 5.82. The predicted octanol–water partition coefficient (Wildman–Crippen LogP) is 3.12. The standard InChI is InChI=1S/C18H22N2O4S.C2H6/c1-3-16(21)24-18-13(2)11-14(15-5-4-6-19-17(15)18)12-20-7-9-25(22,23)10-8-20;1-2/h4-6,11H,3,7-10,12H2,1-2H3;1-2H3. The summed E-state index contributed by atoms with van der Waals surface area (Å²) in [5.41, 5.74) is 2.59. The third kappa shape index (κ3) is 5.26. The van der Waals surface area contributed by atoms with E-state index in [2.05, 4.69) is 9.88 Å². The molecule has 0 N–H and O–H groups in total. The van der Waals surface area contributed by atoms with Gasteiger partial charge in [-0.2, -0.15) is 0 Å². The van der Waals surface area contributed by atoms with Crippen LogP contribution in [0.25, 0.3) is 10.9 Å². The van der Waals surface area contributed by atoms with Gasteiger partial charge in [-0.05, 0) is 24.1 Å². The van der Waals surface area contributed by atoms with E-state index in [9.17, 15) is 13.2 Å². The van der Waals surface area contributed by atoms with Crippen molar-refractivity contribution in [3.05, 3.63) is 35.5 Å². The van der Waals surface area contributed by atoms with E-state index in [4.69, 9.17) is 4.74 Å². The number of carbonyl (C=O) groups is 1. The molecule has 0 amide bonds. The molecule has 1 aliphatic heterocycles. The molecule has 7 heteroatoms. The summed E-state index contributed by atoms with van der Waals surface area (Å²) in [5, 5.41) is 0.931. The number of aromatic nitrogens is 1. The third-order valence-corrected chi connectivity index (χ3v) is 6.06. The van der Waals surface area contributed by atoms with Gasteiger partial charge in [0.2, 0.25) is 0 Å². The van der Waals surface area contributed by atoms with E-state index in [1.165, 1.54) is 0 Å². The molecule has 0 bridgehead atoms. The number of hydrogen-bond donors (Lipinski definition) is 0. The Labute approximate surface area is 161 Å². The number of rotatable bonds is 4. The Balaban J connectivity index is 0.00000126. The molecule has 0 unspecified atom stereocenters. The fraction of sp³-hybridized carbons (Fsp3) is 0.500. The van der Waals surface area contributed by atoms with Crippen molar-refractivity contribution >= 4 is 26.7 Å². The van der Waals surface area contributed by atoms with E-state index < -0.39 is 9.84 Å². The van der Waals surface area contributed by atoms with Gasteiger partial charge in [0.25, 0.3) is 0 Å². The second-order valence-corrected chi connectivity index (χ2v) is 8.64. The number of aryl methyl sites for hydroxylation is 1. The van der Waals surface area contributed by atoms with Crippen LogP contribution in [0.1, 0.15) is 38.3 Å². The van der Waals surface area contributed by atoms with E-state index in [0.29, 0.717) is 37.3 Å². The predicted molar refractivity (Wildman–Crippen MR) is 108 cm³/mol. The van der Waals surface area contributed by atoms with Gasteiger partial charge >= 0.3 is 5.97 Å². The highest BCUT2D eigenvalue weighted by Gasteiger charge is 2.23. The van der Waals surface area contributed by atoms with E-state index in [1.807, 2.05) is 39.0 Å². The maximum Gasteiger partial charge on any atom is 0.310 e. The molecular weight excluding hydrogens is 364 g/mol. The summed E-state index contributed by atoms with van der Waals surface area (Å²) in [5.74, 6) is 0.624.